The average molecular weight is 202 g/mol. The van der Waals surface area contributed by atoms with Crippen molar-refractivity contribution in [2.24, 2.45) is 0 Å². The van der Waals surface area contributed by atoms with E-state index in [1.165, 1.54) is 24.8 Å². The summed E-state index contributed by atoms with van der Waals surface area (Å²) in [7, 11) is 0. The second kappa shape index (κ2) is 5.32. The zero-order valence-electron chi connectivity index (χ0n) is 9.45. The van der Waals surface area contributed by atoms with Crippen molar-refractivity contribution in [1.29, 1.82) is 0 Å². The lowest BCUT2D eigenvalue weighted by atomic mass is 9.93. The monoisotopic (exact) mass is 202 g/mol. The van der Waals surface area contributed by atoms with Crippen molar-refractivity contribution < 1.29 is 0 Å². The standard InChI is InChI=1S/C14H20N/c1-2-13-9-6-10-14(15-13)11-12-7-4-3-5-8-12/h3-8,13-15H,2,9-11H2,1H3. The molecule has 1 heterocycles. The van der Waals surface area contributed by atoms with Crippen LogP contribution in [0.2, 0.25) is 0 Å². The normalized spacial score (nSPS) is 26.5. The highest BCUT2D eigenvalue weighted by atomic mass is 15.0. The van der Waals surface area contributed by atoms with Crippen molar-refractivity contribution in [3.63, 3.8) is 0 Å². The quantitative estimate of drug-likeness (QED) is 0.794. The molecule has 15 heavy (non-hydrogen) atoms. The zero-order valence-corrected chi connectivity index (χ0v) is 9.45. The molecule has 0 aliphatic carbocycles. The van der Waals surface area contributed by atoms with Crippen LogP contribution in [0.3, 0.4) is 0 Å². The Kier molecular flexibility index (Phi) is 3.79. The number of benzene rings is 1. The van der Waals surface area contributed by atoms with Crippen LogP contribution in [0.4, 0.5) is 0 Å². The summed E-state index contributed by atoms with van der Waals surface area (Å²) in [6, 6.07) is 12.1. The van der Waals surface area contributed by atoms with Crippen LogP contribution in [0, 0.1) is 6.42 Å². The van der Waals surface area contributed by atoms with Crippen LogP contribution in [0.25, 0.3) is 0 Å². The Balaban J connectivity index is 1.89. The SMILES string of the molecule is CCC1C[CH]CC(Cc2ccccc2)N1. The van der Waals surface area contributed by atoms with Gasteiger partial charge >= 0.3 is 0 Å². The third kappa shape index (κ3) is 3.07. The molecule has 81 valence electrons. The molecule has 1 aromatic carbocycles. The minimum Gasteiger partial charge on any atom is -0.311 e. The third-order valence-electron chi connectivity index (χ3n) is 3.19. The average Bonchev–Trinajstić information content (AvgIpc) is 2.31. The van der Waals surface area contributed by atoms with Crippen LogP contribution < -0.4 is 5.32 Å². The Morgan fingerprint density at radius 3 is 2.60 bits per heavy atom. The van der Waals surface area contributed by atoms with E-state index in [1.54, 1.807) is 0 Å². The molecule has 0 bridgehead atoms. The molecule has 0 spiro atoms. The number of piperidine rings is 1. The fraction of sp³-hybridized carbons (Fsp3) is 0.500. The molecular formula is C14H20N. The Morgan fingerprint density at radius 2 is 1.87 bits per heavy atom. The first-order valence-corrected chi connectivity index (χ1v) is 6.00. The van der Waals surface area contributed by atoms with Gasteiger partial charge in [0.15, 0.2) is 0 Å². The smallest absolute Gasteiger partial charge is 0.0113 e. The van der Waals surface area contributed by atoms with Gasteiger partial charge in [-0.05, 0) is 37.7 Å². The summed E-state index contributed by atoms with van der Waals surface area (Å²) >= 11 is 0. The molecular weight excluding hydrogens is 182 g/mol. The maximum Gasteiger partial charge on any atom is 0.0113 e. The molecule has 2 unspecified atom stereocenters. The first-order chi connectivity index (χ1) is 7.38. The Labute approximate surface area is 92.9 Å². The first kappa shape index (κ1) is 10.7. The van der Waals surface area contributed by atoms with E-state index in [1.807, 2.05) is 0 Å². The minimum atomic E-state index is 0.645. The van der Waals surface area contributed by atoms with E-state index in [9.17, 15) is 0 Å². The van der Waals surface area contributed by atoms with Gasteiger partial charge in [-0.2, -0.15) is 0 Å². The molecule has 1 nitrogen and oxygen atoms in total. The van der Waals surface area contributed by atoms with Gasteiger partial charge in [-0.15, -0.1) is 0 Å². The summed E-state index contributed by atoms with van der Waals surface area (Å²) in [5, 5.41) is 3.72. The van der Waals surface area contributed by atoms with Gasteiger partial charge in [0, 0.05) is 12.1 Å². The molecule has 1 fully saturated rings. The fourth-order valence-electron chi connectivity index (χ4n) is 2.29. The van der Waals surface area contributed by atoms with Crippen molar-refractivity contribution >= 4 is 0 Å². The summed E-state index contributed by atoms with van der Waals surface area (Å²) in [5.74, 6) is 0. The van der Waals surface area contributed by atoms with Gasteiger partial charge in [-0.25, -0.2) is 0 Å². The molecule has 1 aliphatic rings. The Morgan fingerprint density at radius 1 is 1.13 bits per heavy atom. The van der Waals surface area contributed by atoms with Crippen LogP contribution in [0.1, 0.15) is 31.7 Å². The Bertz CT molecular complexity index is 281. The molecule has 0 aromatic heterocycles. The number of hydrogen-bond acceptors (Lipinski definition) is 1. The molecule has 1 heteroatoms. The van der Waals surface area contributed by atoms with Crippen LogP contribution in [0.5, 0.6) is 0 Å². The second-order valence-electron chi connectivity index (χ2n) is 4.42. The highest BCUT2D eigenvalue weighted by Gasteiger charge is 2.19. The maximum absolute atomic E-state index is 3.72. The minimum absolute atomic E-state index is 0.645. The van der Waals surface area contributed by atoms with Gasteiger partial charge in [0.2, 0.25) is 0 Å². The lowest BCUT2D eigenvalue weighted by Crippen LogP contribution is -2.43. The van der Waals surface area contributed by atoms with E-state index in [-0.39, 0.29) is 0 Å². The molecule has 0 amide bonds. The molecule has 1 aliphatic heterocycles. The van der Waals surface area contributed by atoms with Gasteiger partial charge in [0.1, 0.15) is 0 Å². The van der Waals surface area contributed by atoms with Crippen molar-refractivity contribution in [2.45, 2.75) is 44.7 Å². The van der Waals surface area contributed by atoms with E-state index in [0.717, 1.165) is 6.42 Å². The fourth-order valence-corrected chi connectivity index (χ4v) is 2.29. The highest BCUT2D eigenvalue weighted by Crippen LogP contribution is 2.17. The molecule has 1 radical (unpaired) electrons. The number of rotatable bonds is 3. The zero-order chi connectivity index (χ0) is 10.5. The summed E-state index contributed by atoms with van der Waals surface area (Å²) in [6.45, 7) is 2.26. The Hall–Kier alpha value is -0.820. The van der Waals surface area contributed by atoms with Crippen molar-refractivity contribution in [3.05, 3.63) is 42.3 Å². The van der Waals surface area contributed by atoms with Crippen molar-refractivity contribution in [1.82, 2.24) is 5.32 Å². The lowest BCUT2D eigenvalue weighted by Gasteiger charge is -2.30. The van der Waals surface area contributed by atoms with E-state index in [2.05, 4.69) is 49.0 Å². The topological polar surface area (TPSA) is 12.0 Å². The van der Waals surface area contributed by atoms with Crippen molar-refractivity contribution in [2.75, 3.05) is 0 Å². The molecule has 2 rings (SSSR count). The van der Waals surface area contributed by atoms with Gasteiger partial charge in [-0.3, -0.25) is 0 Å². The maximum atomic E-state index is 3.72. The third-order valence-corrected chi connectivity index (χ3v) is 3.19. The number of hydrogen-bond donors (Lipinski definition) is 1. The molecule has 1 saturated heterocycles. The molecule has 2 atom stereocenters. The lowest BCUT2D eigenvalue weighted by molar-refractivity contribution is 0.359. The summed E-state index contributed by atoms with van der Waals surface area (Å²) in [4.78, 5) is 0. The van der Waals surface area contributed by atoms with Crippen LogP contribution in [0.15, 0.2) is 30.3 Å². The molecule has 1 aromatic rings. The number of nitrogens with one attached hydrogen (secondary N) is 1. The molecule has 0 saturated carbocycles. The van der Waals surface area contributed by atoms with E-state index < -0.39 is 0 Å². The van der Waals surface area contributed by atoms with E-state index >= 15 is 0 Å². The second-order valence-corrected chi connectivity index (χ2v) is 4.42. The highest BCUT2D eigenvalue weighted by molar-refractivity contribution is 5.16. The van der Waals surface area contributed by atoms with Crippen molar-refractivity contribution in [3.8, 4) is 0 Å². The molecule has 1 N–H and O–H groups in total. The first-order valence-electron chi connectivity index (χ1n) is 6.00. The van der Waals surface area contributed by atoms with Gasteiger partial charge < -0.3 is 5.32 Å². The van der Waals surface area contributed by atoms with Gasteiger partial charge in [-0.1, -0.05) is 37.3 Å². The predicted octanol–water partition coefficient (Wildman–Crippen LogP) is 2.96. The van der Waals surface area contributed by atoms with E-state index in [4.69, 9.17) is 0 Å². The van der Waals surface area contributed by atoms with E-state index in [0.29, 0.717) is 12.1 Å². The van der Waals surface area contributed by atoms with Crippen LogP contribution >= 0.6 is 0 Å². The van der Waals surface area contributed by atoms with Crippen LogP contribution in [-0.4, -0.2) is 12.1 Å². The largest absolute Gasteiger partial charge is 0.311 e. The van der Waals surface area contributed by atoms with Crippen LogP contribution in [-0.2, 0) is 6.42 Å². The van der Waals surface area contributed by atoms with Gasteiger partial charge in [0.25, 0.3) is 0 Å². The van der Waals surface area contributed by atoms with Gasteiger partial charge in [0.05, 0.1) is 0 Å². The summed E-state index contributed by atoms with van der Waals surface area (Å²) in [5.41, 5.74) is 1.44. The summed E-state index contributed by atoms with van der Waals surface area (Å²) < 4.78 is 0. The summed E-state index contributed by atoms with van der Waals surface area (Å²) in [6.07, 6.45) is 7.29. The predicted molar refractivity (Wildman–Crippen MR) is 64.7 cm³/mol.